The van der Waals surface area contributed by atoms with E-state index in [0.717, 1.165) is 18.4 Å². The molecule has 2 N–H and O–H groups in total. The third-order valence-electron chi connectivity index (χ3n) is 3.98. The smallest absolute Gasteiger partial charge is 0.328 e. The van der Waals surface area contributed by atoms with Crippen molar-refractivity contribution in [3.63, 3.8) is 0 Å². The van der Waals surface area contributed by atoms with E-state index < -0.39 is 12.0 Å². The van der Waals surface area contributed by atoms with E-state index in [1.807, 2.05) is 37.3 Å². The van der Waals surface area contributed by atoms with Gasteiger partial charge in [0, 0.05) is 12.8 Å². The molecule has 0 bridgehead atoms. The molecular weight excluding hydrogens is 332 g/mol. The minimum atomic E-state index is -0.696. The van der Waals surface area contributed by atoms with Crippen molar-refractivity contribution in [2.24, 2.45) is 0 Å². The van der Waals surface area contributed by atoms with E-state index in [-0.39, 0.29) is 30.7 Å². The van der Waals surface area contributed by atoms with Crippen molar-refractivity contribution >= 4 is 17.8 Å². The maximum atomic E-state index is 12.0. The van der Waals surface area contributed by atoms with E-state index in [4.69, 9.17) is 4.74 Å². The first-order valence-corrected chi connectivity index (χ1v) is 8.80. The van der Waals surface area contributed by atoms with Crippen LogP contribution in [0.1, 0.15) is 50.6 Å². The lowest BCUT2D eigenvalue weighted by Crippen LogP contribution is -2.41. The van der Waals surface area contributed by atoms with Gasteiger partial charge in [-0.25, -0.2) is 4.79 Å². The molecule has 2 amide bonds. The Kier molecular flexibility index (Phi) is 9.75. The lowest BCUT2D eigenvalue weighted by atomic mass is 10.1. The van der Waals surface area contributed by atoms with E-state index in [1.165, 1.54) is 7.11 Å². The van der Waals surface area contributed by atoms with Crippen LogP contribution >= 0.6 is 0 Å². The summed E-state index contributed by atoms with van der Waals surface area (Å²) in [6.07, 6.45) is 3.78. The number of hydrogen-bond donors (Lipinski definition) is 2. The maximum Gasteiger partial charge on any atom is 0.328 e. The van der Waals surface area contributed by atoms with Crippen LogP contribution in [-0.2, 0) is 19.1 Å². The van der Waals surface area contributed by atoms with E-state index in [1.54, 1.807) is 6.08 Å². The fourth-order valence-corrected chi connectivity index (χ4v) is 2.49. The third kappa shape index (κ3) is 7.96. The van der Waals surface area contributed by atoms with E-state index in [9.17, 15) is 14.4 Å². The molecule has 0 aromatic heterocycles. The molecule has 6 heteroatoms. The van der Waals surface area contributed by atoms with Crippen molar-refractivity contribution in [1.29, 1.82) is 0 Å². The third-order valence-corrected chi connectivity index (χ3v) is 3.98. The molecule has 0 fully saturated rings. The van der Waals surface area contributed by atoms with Gasteiger partial charge in [0.25, 0.3) is 0 Å². The summed E-state index contributed by atoms with van der Waals surface area (Å²) in [4.78, 5) is 35.8. The number of nitrogens with one attached hydrogen (secondary N) is 2. The van der Waals surface area contributed by atoms with E-state index >= 15 is 0 Å². The SMILES string of the molecule is C=CCCC[C@H](NC(=O)CCC(=O)N[C@H](C)c1ccccc1)C(=O)OC. The number of rotatable bonds is 11. The molecule has 1 aromatic carbocycles. The molecule has 0 aliphatic heterocycles. The van der Waals surface area contributed by atoms with Crippen LogP contribution in [0.4, 0.5) is 0 Å². The quantitative estimate of drug-likeness (QED) is 0.361. The normalized spacial score (nSPS) is 12.5. The van der Waals surface area contributed by atoms with Gasteiger partial charge < -0.3 is 15.4 Å². The van der Waals surface area contributed by atoms with Crippen molar-refractivity contribution in [3.05, 3.63) is 48.6 Å². The second-order valence-electron chi connectivity index (χ2n) is 6.06. The molecule has 0 heterocycles. The second-order valence-corrected chi connectivity index (χ2v) is 6.06. The Labute approximate surface area is 155 Å². The predicted molar refractivity (Wildman–Crippen MR) is 100 cm³/mol. The standard InChI is InChI=1S/C20H28N2O4/c1-4-5-7-12-17(20(25)26-3)22-19(24)14-13-18(23)21-15(2)16-10-8-6-9-11-16/h4,6,8-11,15,17H,1,5,7,12-14H2,2-3H3,(H,21,23)(H,22,24)/t15-,17+/m1/s1. The molecule has 0 saturated heterocycles. The van der Waals surface area contributed by atoms with Gasteiger partial charge >= 0.3 is 5.97 Å². The molecule has 0 aliphatic carbocycles. The molecule has 6 nitrogen and oxygen atoms in total. The highest BCUT2D eigenvalue weighted by Crippen LogP contribution is 2.11. The zero-order valence-corrected chi connectivity index (χ0v) is 15.5. The van der Waals surface area contributed by atoms with Gasteiger partial charge in [0.05, 0.1) is 13.2 Å². The molecule has 2 atom stereocenters. The average Bonchev–Trinajstić information content (AvgIpc) is 2.65. The zero-order valence-electron chi connectivity index (χ0n) is 15.5. The number of unbranched alkanes of at least 4 members (excludes halogenated alkanes) is 1. The van der Waals surface area contributed by atoms with Crippen molar-refractivity contribution in [3.8, 4) is 0 Å². The Hall–Kier alpha value is -2.63. The van der Waals surface area contributed by atoms with E-state index in [2.05, 4.69) is 17.2 Å². The van der Waals surface area contributed by atoms with Crippen LogP contribution in [0.3, 0.4) is 0 Å². The highest BCUT2D eigenvalue weighted by molar-refractivity contribution is 5.87. The van der Waals surface area contributed by atoms with Crippen molar-refractivity contribution in [2.75, 3.05) is 7.11 Å². The summed E-state index contributed by atoms with van der Waals surface area (Å²) in [5, 5.41) is 5.50. The first-order chi connectivity index (χ1) is 12.5. The molecule has 1 rings (SSSR count). The summed E-state index contributed by atoms with van der Waals surface area (Å²) in [6, 6.07) is 8.77. The van der Waals surface area contributed by atoms with Crippen LogP contribution in [-0.4, -0.2) is 30.9 Å². The van der Waals surface area contributed by atoms with Crippen molar-refractivity contribution < 1.29 is 19.1 Å². The number of esters is 1. The maximum absolute atomic E-state index is 12.0. The van der Waals surface area contributed by atoms with Gasteiger partial charge in [0.2, 0.25) is 11.8 Å². The molecular formula is C20H28N2O4. The van der Waals surface area contributed by atoms with Crippen molar-refractivity contribution in [2.45, 2.75) is 51.1 Å². The van der Waals surface area contributed by atoms with Crippen LogP contribution < -0.4 is 10.6 Å². The summed E-state index contributed by atoms with van der Waals surface area (Å²) in [7, 11) is 1.29. The average molecular weight is 360 g/mol. The van der Waals surface area contributed by atoms with Crippen LogP contribution in [0.2, 0.25) is 0 Å². The lowest BCUT2D eigenvalue weighted by Gasteiger charge is -2.17. The summed E-state index contributed by atoms with van der Waals surface area (Å²) in [5.74, 6) is -1.04. The molecule has 0 unspecified atom stereocenters. The summed E-state index contributed by atoms with van der Waals surface area (Å²) >= 11 is 0. The molecule has 0 aliphatic rings. The van der Waals surface area contributed by atoms with Gasteiger partial charge in [-0.1, -0.05) is 36.4 Å². The number of methoxy groups -OCH3 is 1. The van der Waals surface area contributed by atoms with E-state index in [0.29, 0.717) is 6.42 Å². The number of amides is 2. The number of benzene rings is 1. The summed E-state index contributed by atoms with van der Waals surface area (Å²) < 4.78 is 4.71. The van der Waals surface area contributed by atoms with Crippen molar-refractivity contribution in [1.82, 2.24) is 10.6 Å². The predicted octanol–water partition coefficient (Wildman–Crippen LogP) is 2.66. The highest BCUT2D eigenvalue weighted by Gasteiger charge is 2.21. The number of allylic oxidation sites excluding steroid dienone is 1. The Morgan fingerprint density at radius 2 is 1.73 bits per heavy atom. The lowest BCUT2D eigenvalue weighted by molar-refractivity contribution is -0.145. The summed E-state index contributed by atoms with van der Waals surface area (Å²) in [5.41, 5.74) is 0.998. The minimum Gasteiger partial charge on any atom is -0.467 e. The molecule has 0 radical (unpaired) electrons. The van der Waals surface area contributed by atoms with Crippen LogP contribution in [0.15, 0.2) is 43.0 Å². The molecule has 1 aromatic rings. The van der Waals surface area contributed by atoms with Gasteiger partial charge in [-0.15, -0.1) is 6.58 Å². The van der Waals surface area contributed by atoms with Gasteiger partial charge in [0.15, 0.2) is 0 Å². The number of hydrogen-bond acceptors (Lipinski definition) is 4. The first-order valence-electron chi connectivity index (χ1n) is 8.80. The molecule has 142 valence electrons. The van der Waals surface area contributed by atoms with Crippen LogP contribution in [0, 0.1) is 0 Å². The summed E-state index contributed by atoms with van der Waals surface area (Å²) in [6.45, 7) is 5.52. The monoisotopic (exact) mass is 360 g/mol. The van der Waals surface area contributed by atoms with Crippen LogP contribution in [0.5, 0.6) is 0 Å². The zero-order chi connectivity index (χ0) is 19.4. The topological polar surface area (TPSA) is 84.5 Å². The highest BCUT2D eigenvalue weighted by atomic mass is 16.5. The van der Waals surface area contributed by atoms with Gasteiger partial charge in [-0.2, -0.15) is 0 Å². The van der Waals surface area contributed by atoms with Gasteiger partial charge in [0.1, 0.15) is 6.04 Å². The Morgan fingerprint density at radius 1 is 1.12 bits per heavy atom. The molecule has 0 spiro atoms. The largest absolute Gasteiger partial charge is 0.467 e. The number of carbonyl (C=O) groups excluding carboxylic acids is 3. The van der Waals surface area contributed by atoms with Gasteiger partial charge in [-0.3, -0.25) is 9.59 Å². The molecule has 0 saturated carbocycles. The number of ether oxygens (including phenoxy) is 1. The Morgan fingerprint density at radius 3 is 2.31 bits per heavy atom. The Bertz CT molecular complexity index is 601. The van der Waals surface area contributed by atoms with Gasteiger partial charge in [-0.05, 0) is 31.7 Å². The second kappa shape index (κ2) is 11.8. The minimum absolute atomic E-state index is 0.0162. The molecule has 26 heavy (non-hydrogen) atoms. The fourth-order valence-electron chi connectivity index (χ4n) is 2.49. The first kappa shape index (κ1) is 21.4. The van der Waals surface area contributed by atoms with Crippen LogP contribution in [0.25, 0.3) is 0 Å². The Balaban J connectivity index is 2.41. The number of carbonyl (C=O) groups is 3. The fraction of sp³-hybridized carbons (Fsp3) is 0.450.